The molecule has 0 radical (unpaired) electrons. The second-order valence-corrected chi connectivity index (χ2v) is 52.7. The molecule has 0 N–H and O–H groups in total. The Labute approximate surface area is 603 Å². The van der Waals surface area contributed by atoms with Crippen LogP contribution in [0.4, 0.5) is 0 Å². The molecule has 0 amide bonds. The summed E-state index contributed by atoms with van der Waals surface area (Å²) in [5, 5.41) is 16.7. The van der Waals surface area contributed by atoms with Crippen molar-refractivity contribution in [3.63, 3.8) is 0 Å². The van der Waals surface area contributed by atoms with Gasteiger partial charge in [0.25, 0.3) is 0 Å². The van der Waals surface area contributed by atoms with Gasteiger partial charge in [0.2, 0.25) is 0 Å². The van der Waals surface area contributed by atoms with Gasteiger partial charge >= 0.3 is 126 Å². The molecule has 0 unspecified atom stereocenters. The average Bonchev–Trinajstić information content (AvgIpc) is 3.55. The Kier molecular flexibility index (Phi) is 39.3. The maximum atomic E-state index is 2.31. The molecule has 0 aliphatic heterocycles. The Morgan fingerprint density at radius 1 is 0.239 bits per heavy atom. The van der Waals surface area contributed by atoms with Crippen molar-refractivity contribution in [3.05, 3.63) is 246 Å². The largest absolute Gasteiger partial charge is 0.165 e. The molecule has 10 heteroatoms. The third kappa shape index (κ3) is 27.6. The third-order valence-corrected chi connectivity index (χ3v) is 14.5. The van der Waals surface area contributed by atoms with E-state index in [0.717, 1.165) is 0 Å². The second-order valence-electron chi connectivity index (χ2n) is 24.5. The number of aryl methyl sites for hydroxylation is 18. The summed E-state index contributed by atoms with van der Waals surface area (Å²) in [7, 11) is 0. The predicted molar refractivity (Wildman–Crippen MR) is 404 cm³/mol. The van der Waals surface area contributed by atoms with E-state index in [1.165, 1.54) is 165 Å². The van der Waals surface area contributed by atoms with Crippen LogP contribution in [0.5, 0.6) is 0 Å². The molecular weight excluding hydrogens is 1440 g/mol. The van der Waals surface area contributed by atoms with E-state index in [2.05, 4.69) is 310 Å². The van der Waals surface area contributed by atoms with Crippen LogP contribution in [0.15, 0.2) is 146 Å². The maximum Gasteiger partial charge on any atom is -0.0411 e. The minimum atomic E-state index is 0. The third-order valence-electron chi connectivity index (χ3n) is 14.5. The van der Waals surface area contributed by atoms with Gasteiger partial charge < -0.3 is 0 Å². The molecule has 0 aliphatic carbocycles. The van der Waals surface area contributed by atoms with Crippen LogP contribution in [0, 0.1) is 125 Å². The van der Waals surface area contributed by atoms with E-state index in [0.29, 0.717) is 0 Å². The molecule has 0 nitrogen and oxygen atoms in total. The molecule has 0 spiro atoms. The van der Waals surface area contributed by atoms with Gasteiger partial charge in [-0.1, -0.05) is 135 Å². The van der Waals surface area contributed by atoms with Gasteiger partial charge in [-0.3, -0.25) is 0 Å². The number of fused-ring (bicyclic) bond motifs is 6. The first-order valence-electron chi connectivity index (χ1n) is 29.6. The maximum absolute atomic E-state index is 2.31. The van der Waals surface area contributed by atoms with E-state index in [1.54, 1.807) is 70.0 Å². The van der Waals surface area contributed by atoms with Crippen molar-refractivity contribution in [2.45, 2.75) is 164 Å². The molecule has 0 saturated heterocycles. The summed E-state index contributed by atoms with van der Waals surface area (Å²) < 4.78 is 0. The molecular formula is C78H100Cl4Si3Zr3. The summed E-state index contributed by atoms with van der Waals surface area (Å²) in [5.74, 6) is 0. The van der Waals surface area contributed by atoms with Crippen LogP contribution in [0.25, 0.3) is 64.6 Å². The summed E-state index contributed by atoms with van der Waals surface area (Å²) in [6.07, 6.45) is 0. The van der Waals surface area contributed by atoms with Crippen molar-refractivity contribution in [3.8, 4) is 0 Å². The van der Waals surface area contributed by atoms with Crippen molar-refractivity contribution in [1.29, 1.82) is 0 Å². The first-order valence-corrected chi connectivity index (χ1v) is 48.2. The molecule has 0 saturated carbocycles. The fourth-order valence-corrected chi connectivity index (χ4v) is 10.4. The van der Waals surface area contributed by atoms with Gasteiger partial charge in [-0.05, 0) is 69.2 Å². The first kappa shape index (κ1) is 85.4. The molecule has 0 aliphatic rings. The van der Waals surface area contributed by atoms with E-state index in [9.17, 15) is 0 Å². The van der Waals surface area contributed by atoms with E-state index in [4.69, 9.17) is 0 Å². The summed E-state index contributed by atoms with van der Waals surface area (Å²) in [5.41, 5.74) is 25.3. The van der Waals surface area contributed by atoms with Gasteiger partial charge in [0.1, 0.15) is 0 Å². The SMILES string of the molecule is C[Si](C)=[Zr+2].C[Si](C)=[Zr+2].C[Si](C)=[Zr+2].Cc1cc(C)c2cc(C)[cH-]c2c1.Cc1cc(C)c2cc(C)[cH-]c2c1.Cc1cc2c(C)ccc(C)c2[cH-]1.Cc1cc2c(C)ccc(C)c2[cH-]1.Cc1cc2cc(C)c(C)cc2[cH-]1.Cc1cc2cc(C)c(C)cc2[cH-]1.Cl.Cl.Cl.Cl. The molecule has 0 fully saturated rings. The quantitative estimate of drug-likeness (QED) is 0.105. The summed E-state index contributed by atoms with van der Waals surface area (Å²) >= 11 is 5.22. The normalized spacial score (nSPS) is 9.89. The Morgan fingerprint density at radius 2 is 0.477 bits per heavy atom. The average molecular weight is 1540 g/mol. The summed E-state index contributed by atoms with van der Waals surface area (Å²) in [6, 6.07) is 53.8. The van der Waals surface area contributed by atoms with E-state index in [-0.39, 0.29) is 65.9 Å². The van der Waals surface area contributed by atoms with Crippen LogP contribution in [0.3, 0.4) is 0 Å². The van der Waals surface area contributed by atoms with Crippen LogP contribution in [-0.2, 0) is 70.0 Å². The molecule has 0 heterocycles. The minimum Gasteiger partial charge on any atom is -0.165 e. The molecule has 12 aromatic carbocycles. The molecule has 88 heavy (non-hydrogen) atoms. The van der Waals surface area contributed by atoms with Gasteiger partial charge in [-0.2, -0.15) is 36.4 Å². The number of halogens is 4. The first-order chi connectivity index (χ1) is 39.2. The monoisotopic (exact) mass is 1530 g/mol. The van der Waals surface area contributed by atoms with Crippen LogP contribution in [0.1, 0.15) is 100 Å². The van der Waals surface area contributed by atoms with Crippen molar-refractivity contribution in [1.82, 2.24) is 0 Å². The molecule has 0 aromatic heterocycles. The Morgan fingerprint density at radius 3 is 0.773 bits per heavy atom. The number of benzene rings is 6. The van der Waals surface area contributed by atoms with E-state index < -0.39 is 0 Å². The van der Waals surface area contributed by atoms with Gasteiger partial charge in [0.15, 0.2) is 0 Å². The topological polar surface area (TPSA) is 0 Å². The zero-order valence-electron chi connectivity index (χ0n) is 57.5. The molecule has 0 bridgehead atoms. The van der Waals surface area contributed by atoms with Crippen molar-refractivity contribution >= 4 is 131 Å². The smallest absolute Gasteiger partial charge is 0.0411 e. The second kappa shape index (κ2) is 40.5. The fraction of sp³-hybridized carbons (Fsp3) is 0.308. The summed E-state index contributed by atoms with van der Waals surface area (Å²) in [6.45, 7) is 52.7. The summed E-state index contributed by atoms with van der Waals surface area (Å²) in [4.78, 5) is 0. The van der Waals surface area contributed by atoms with Gasteiger partial charge in [-0.15, -0.1) is 244 Å². The standard InChI is InChI=1S/6C12H13.3C2H6Si.4ClH.3Zr/c2*1-8-4-11-6-9(2)10(3)7-12(11)5-8;2*1-8-4-10(3)12-7-9(2)6-11(12)5-8;2*1-8-6-11-9(2)4-5-10(3)12(11)7-8;3*1-3-2;;;;;;;/h6*4-7H,1-3H3;3*1-2H3;4*1H;;;/q6*-1;;;;;;;;3*+2. The van der Waals surface area contributed by atoms with E-state index >= 15 is 0 Å². The van der Waals surface area contributed by atoms with Crippen molar-refractivity contribution < 1.29 is 70.0 Å². The fourth-order valence-electron chi connectivity index (χ4n) is 10.4. The van der Waals surface area contributed by atoms with Crippen LogP contribution >= 0.6 is 49.6 Å². The van der Waals surface area contributed by atoms with Gasteiger partial charge in [0.05, 0.1) is 0 Å². The number of hydrogen-bond donors (Lipinski definition) is 0. The zero-order valence-corrected chi connectivity index (χ0v) is 71.1. The van der Waals surface area contributed by atoms with Crippen LogP contribution in [0.2, 0.25) is 39.3 Å². The van der Waals surface area contributed by atoms with Crippen molar-refractivity contribution in [2.24, 2.45) is 0 Å². The van der Waals surface area contributed by atoms with Crippen LogP contribution in [-0.4, -0.2) is 16.3 Å². The molecule has 12 aromatic rings. The zero-order chi connectivity index (χ0) is 63.0. The van der Waals surface area contributed by atoms with Crippen molar-refractivity contribution in [2.75, 3.05) is 0 Å². The molecule has 0 atom stereocenters. The van der Waals surface area contributed by atoms with E-state index in [1.807, 2.05) is 0 Å². The Bertz CT molecular complexity index is 3760. The van der Waals surface area contributed by atoms with Crippen LogP contribution < -0.4 is 0 Å². The molecule has 12 rings (SSSR count). The number of rotatable bonds is 0. The predicted octanol–water partition coefficient (Wildman–Crippen LogP) is 24.9. The minimum absolute atomic E-state index is 0. The Hall–Kier alpha value is -2.56. The number of hydrogen-bond acceptors (Lipinski definition) is 0. The Balaban J connectivity index is 0.000000986. The molecule has 464 valence electrons. The van der Waals surface area contributed by atoms with Gasteiger partial charge in [0, 0.05) is 0 Å². The van der Waals surface area contributed by atoms with Gasteiger partial charge in [-0.25, -0.2) is 0 Å².